The quantitative estimate of drug-likeness (QED) is 0.0568. The van der Waals surface area contributed by atoms with Gasteiger partial charge in [0.25, 0.3) is 5.54 Å². The number of hydrogen-bond donors (Lipinski definition) is 9. The molecule has 0 saturated carbocycles. The van der Waals surface area contributed by atoms with Crippen LogP contribution in [0.5, 0.6) is 23.0 Å². The fourth-order valence-electron chi connectivity index (χ4n) is 12.9. The number of aliphatic hydroxyl groups is 6. The van der Waals surface area contributed by atoms with Crippen LogP contribution in [0.2, 0.25) is 0 Å². The van der Waals surface area contributed by atoms with Crippen LogP contribution in [-0.2, 0) is 59.4 Å². The number of aromatic hydroxyl groups is 3. The normalized spacial score (nSPS) is 44.8. The number of phenols is 3. The number of likely N-dealkylation sites (N-methyl/N-ethyl adjacent to an activating group) is 1. The molecule has 0 spiro atoms. The van der Waals surface area contributed by atoms with Crippen LogP contribution in [0.4, 0.5) is 0 Å². The minimum absolute atomic E-state index is 0.0117. The molecule has 418 valence electrons. The minimum Gasteiger partial charge on any atom is -0.507 e. The molecule has 24 heteroatoms. The van der Waals surface area contributed by atoms with Gasteiger partial charge in [0.05, 0.1) is 47.1 Å². The number of aliphatic hydroxyl groups excluding tert-OH is 3. The van der Waals surface area contributed by atoms with E-state index < -0.39 is 161 Å². The Kier molecular flexibility index (Phi) is 14.3. The van der Waals surface area contributed by atoms with E-state index in [9.17, 15) is 56.1 Å². The molecule has 22 atom stereocenters. The van der Waals surface area contributed by atoms with Crippen molar-refractivity contribution in [2.24, 2.45) is 0 Å². The predicted octanol–water partition coefficient (Wildman–Crippen LogP) is 1.43. The van der Waals surface area contributed by atoms with Gasteiger partial charge in [0, 0.05) is 61.5 Å². The molecule has 4 fully saturated rings. The first-order valence-corrected chi connectivity index (χ1v) is 25.0. The van der Waals surface area contributed by atoms with Gasteiger partial charge in [0.2, 0.25) is 6.29 Å². The van der Waals surface area contributed by atoms with Crippen LogP contribution < -0.4 is 4.74 Å². The molecule has 5 aliphatic heterocycles. The Balaban J connectivity index is 1.12. The number of nitro groups is 1. The van der Waals surface area contributed by atoms with Gasteiger partial charge < -0.3 is 103 Å². The molecule has 4 saturated heterocycles. The molecule has 5 heterocycles. The summed E-state index contributed by atoms with van der Waals surface area (Å²) in [4.78, 5) is 14.4. The zero-order valence-corrected chi connectivity index (χ0v) is 44.2. The maximum Gasteiger partial charge on any atom is 0.252 e. The first kappa shape index (κ1) is 55.8. The van der Waals surface area contributed by atoms with E-state index in [1.165, 1.54) is 75.0 Å². The van der Waals surface area contributed by atoms with Crippen molar-refractivity contribution in [3.8, 4) is 23.0 Å². The average Bonchev–Trinajstić information content (AvgIpc) is 3.31. The Hall–Kier alpha value is -3.90. The molecule has 0 radical (unpaired) electrons. The predicted molar refractivity (Wildman–Crippen MR) is 259 cm³/mol. The number of methoxy groups -OCH3 is 3. The van der Waals surface area contributed by atoms with Crippen LogP contribution in [0.15, 0.2) is 18.2 Å². The van der Waals surface area contributed by atoms with Crippen molar-refractivity contribution in [2.45, 2.75) is 201 Å². The highest BCUT2D eigenvalue weighted by Crippen LogP contribution is 2.58. The molecular weight excluding hydrogens is 993 g/mol. The van der Waals surface area contributed by atoms with Crippen molar-refractivity contribution in [3.05, 3.63) is 45.0 Å². The number of hydrogen-bond acceptors (Lipinski definition) is 23. The van der Waals surface area contributed by atoms with E-state index in [0.717, 1.165) is 0 Å². The van der Waals surface area contributed by atoms with Gasteiger partial charge in [-0.1, -0.05) is 6.07 Å². The highest BCUT2D eigenvalue weighted by molar-refractivity contribution is 6.15. The Morgan fingerprint density at radius 1 is 0.707 bits per heavy atom. The van der Waals surface area contributed by atoms with E-state index in [1.54, 1.807) is 38.9 Å². The maximum absolute atomic E-state index is 13.2. The van der Waals surface area contributed by atoms with Crippen molar-refractivity contribution >= 4 is 21.5 Å². The molecule has 3 aromatic rings. The molecule has 2 bridgehead atoms. The molecule has 3 aromatic carbocycles. The SMILES string of the molecule is CO[C@@H]1[C@@H](O[C@H]2c3c(cc4c(O)c5ccc6c(c5c(O)c4c3O)O[C@H]3O[C@]6(C)[C@H](O[C@@H]4C[C@@](C)([N+](=O)[O-])[C@@H](O[C@H]5O[C@H](C)[C@@H](O)[C@](C)(O)[C@H]5OC)[C@H](C)O4)[C@H](N(C)C)[C@H]3O)C[C@@](C)(O)[C@@H]2OC)O[C@H](C)[C@@H](O)[C@]1(C)O. The van der Waals surface area contributed by atoms with Crippen LogP contribution in [0.1, 0.15) is 84.6 Å². The summed E-state index contributed by atoms with van der Waals surface area (Å²) in [6.07, 6.45) is -21.0. The van der Waals surface area contributed by atoms with E-state index in [-0.39, 0.29) is 44.8 Å². The van der Waals surface area contributed by atoms with Crippen molar-refractivity contribution in [1.29, 1.82) is 0 Å². The number of ether oxygens (including phenoxy) is 11. The van der Waals surface area contributed by atoms with Gasteiger partial charge in [-0.25, -0.2) is 0 Å². The zero-order valence-electron chi connectivity index (χ0n) is 44.2. The van der Waals surface area contributed by atoms with Crippen molar-refractivity contribution in [2.75, 3.05) is 35.4 Å². The Bertz CT molecular complexity index is 2690. The molecule has 0 aromatic heterocycles. The number of benzene rings is 3. The first-order valence-electron chi connectivity index (χ1n) is 25.0. The Morgan fingerprint density at radius 2 is 1.28 bits per heavy atom. The van der Waals surface area contributed by atoms with Gasteiger partial charge >= 0.3 is 0 Å². The fourth-order valence-corrected chi connectivity index (χ4v) is 12.9. The zero-order chi connectivity index (χ0) is 55.1. The second kappa shape index (κ2) is 19.2. The Morgan fingerprint density at radius 3 is 1.83 bits per heavy atom. The van der Waals surface area contributed by atoms with E-state index in [0.29, 0.717) is 5.56 Å². The second-order valence-corrected chi connectivity index (χ2v) is 22.5. The summed E-state index contributed by atoms with van der Waals surface area (Å²) in [5.41, 5.74) is -8.35. The highest BCUT2D eigenvalue weighted by Gasteiger charge is 2.64. The van der Waals surface area contributed by atoms with Gasteiger partial charge in [-0.15, -0.1) is 0 Å². The number of rotatable bonds is 11. The van der Waals surface area contributed by atoms with Gasteiger partial charge in [-0.3, -0.25) is 10.1 Å². The van der Waals surface area contributed by atoms with Crippen LogP contribution in [-0.4, -0.2) is 212 Å². The number of phenolic OH excluding ortho intramolecular Hbond substituents is 3. The summed E-state index contributed by atoms with van der Waals surface area (Å²) in [7, 11) is 7.31. The summed E-state index contributed by atoms with van der Waals surface area (Å²) in [6, 6.07) is 3.69. The fraction of sp³-hybridized carbons (Fsp3) is 0.725. The highest BCUT2D eigenvalue weighted by atomic mass is 16.8. The maximum atomic E-state index is 13.2. The smallest absolute Gasteiger partial charge is 0.252 e. The molecule has 6 aliphatic rings. The second-order valence-electron chi connectivity index (χ2n) is 22.5. The minimum atomic E-state index is -1.94. The lowest BCUT2D eigenvalue weighted by molar-refractivity contribution is -0.600. The Labute approximate surface area is 432 Å². The van der Waals surface area contributed by atoms with Gasteiger partial charge in [-0.2, -0.15) is 0 Å². The van der Waals surface area contributed by atoms with Gasteiger partial charge in [0.1, 0.15) is 88.6 Å². The van der Waals surface area contributed by atoms with Crippen molar-refractivity contribution in [1.82, 2.24) is 4.90 Å². The lowest BCUT2D eigenvalue weighted by atomic mass is 9.75. The van der Waals surface area contributed by atoms with Gasteiger partial charge in [0.15, 0.2) is 25.0 Å². The lowest BCUT2D eigenvalue weighted by Crippen LogP contribution is -2.71. The molecule has 1 aliphatic carbocycles. The summed E-state index contributed by atoms with van der Waals surface area (Å²) in [5, 5.41) is 119. The molecule has 75 heavy (non-hydrogen) atoms. The van der Waals surface area contributed by atoms with E-state index in [2.05, 4.69) is 0 Å². The third-order valence-corrected chi connectivity index (χ3v) is 17.0. The molecule has 0 amide bonds. The topological polar surface area (TPSA) is 330 Å². The third kappa shape index (κ3) is 8.45. The molecular formula is C51H72N2O22. The monoisotopic (exact) mass is 1060 g/mol. The lowest BCUT2D eigenvalue weighted by Gasteiger charge is -2.56. The summed E-state index contributed by atoms with van der Waals surface area (Å²) >= 11 is 0. The summed E-state index contributed by atoms with van der Waals surface area (Å²) < 4.78 is 67.9. The first-order chi connectivity index (χ1) is 34.9. The van der Waals surface area contributed by atoms with Crippen molar-refractivity contribution in [3.63, 3.8) is 0 Å². The van der Waals surface area contributed by atoms with Crippen LogP contribution in [0.25, 0.3) is 21.5 Å². The number of fused-ring (bicyclic) bond motifs is 8. The van der Waals surface area contributed by atoms with Gasteiger partial charge in [-0.05, 0) is 80.3 Å². The summed E-state index contributed by atoms with van der Waals surface area (Å²) in [5.74, 6) is -1.59. The van der Waals surface area contributed by atoms with Crippen LogP contribution in [0, 0.1) is 10.1 Å². The molecule has 9 N–H and O–H groups in total. The standard InChI is InChI=1S/C51H72N2O22/c1-19-37(58)49(6,61)42(66-12)45(69-19)73-36-27-22(17-48(5,60)41(36)65-11)16-24-28(32(27)55)33(56)29-23(31(24)54)14-15-25-35(29)72-44-34(57)30(52(9)10)40(51(25,8)75-44)71-26-18-47(4,53(63)64)39(21(3)68-26)74-46-43(67-13)50(7,62)38(59)20(2)70-46/h14-16,19-21,26,30,34,36-46,54-62H,17-18H2,1-13H3/t19-,20-,21+,26-,30-,34-,36+,37-,38-,39+,40-,41-,42-,43+,44+,45-,46-,47-,48-,49+,50+,51+/m1/s1. The van der Waals surface area contributed by atoms with E-state index in [1.807, 2.05) is 0 Å². The summed E-state index contributed by atoms with van der Waals surface area (Å²) in [6.45, 7) is 11.9. The van der Waals surface area contributed by atoms with E-state index in [4.69, 9.17) is 52.1 Å². The average molecular weight is 1070 g/mol. The number of nitrogens with zero attached hydrogens (tertiary/aromatic N) is 2. The largest absolute Gasteiger partial charge is 0.507 e. The van der Waals surface area contributed by atoms with E-state index >= 15 is 0 Å². The molecule has 0 unspecified atom stereocenters. The van der Waals surface area contributed by atoms with Crippen LogP contribution in [0.3, 0.4) is 0 Å². The van der Waals surface area contributed by atoms with Crippen molar-refractivity contribution < 1.29 is 103 Å². The third-order valence-electron chi connectivity index (χ3n) is 17.0. The molecule has 24 nitrogen and oxygen atoms in total. The molecule has 9 rings (SSSR count). The van der Waals surface area contributed by atoms with Crippen LogP contribution >= 0.6 is 0 Å².